The molecule has 114 valence electrons. The van der Waals surface area contributed by atoms with Crippen LogP contribution in [0.3, 0.4) is 0 Å². The van der Waals surface area contributed by atoms with E-state index in [1.165, 1.54) is 6.07 Å². The number of hydrogen-bond acceptors (Lipinski definition) is 2. The zero-order chi connectivity index (χ0) is 15.2. The molecule has 1 unspecified atom stereocenters. The van der Waals surface area contributed by atoms with Crippen molar-refractivity contribution in [2.45, 2.75) is 32.5 Å². The lowest BCUT2D eigenvalue weighted by Gasteiger charge is -2.19. The van der Waals surface area contributed by atoms with Gasteiger partial charge in [0.25, 0.3) is 0 Å². The quantitative estimate of drug-likeness (QED) is 0.737. The Balaban J connectivity index is 2.93. The molecule has 0 aromatic heterocycles. The molecule has 0 amide bonds. The van der Waals surface area contributed by atoms with Crippen molar-refractivity contribution in [1.82, 2.24) is 5.32 Å². The highest BCUT2D eigenvalue weighted by atomic mass is 32.2. The molecule has 0 aliphatic heterocycles. The molecule has 0 aliphatic carbocycles. The topological polar surface area (TPSA) is 12.0 Å². The van der Waals surface area contributed by atoms with Crippen molar-refractivity contribution in [1.29, 1.82) is 0 Å². The zero-order valence-corrected chi connectivity index (χ0v) is 12.4. The van der Waals surface area contributed by atoms with Gasteiger partial charge in [-0.2, -0.15) is 24.9 Å². The molecular formula is C14H19F4NS. The van der Waals surface area contributed by atoms with E-state index in [0.29, 0.717) is 11.3 Å². The lowest BCUT2D eigenvalue weighted by molar-refractivity contribution is -0.140. The van der Waals surface area contributed by atoms with Gasteiger partial charge in [-0.05, 0) is 36.4 Å². The van der Waals surface area contributed by atoms with E-state index in [1.807, 2.05) is 13.8 Å². The summed E-state index contributed by atoms with van der Waals surface area (Å²) in [6, 6.07) is 3.04. The largest absolute Gasteiger partial charge is 0.419 e. The number of benzene rings is 1. The van der Waals surface area contributed by atoms with E-state index >= 15 is 0 Å². The second-order valence-corrected chi connectivity index (χ2v) is 5.72. The van der Waals surface area contributed by atoms with Crippen molar-refractivity contribution in [3.05, 3.63) is 35.1 Å². The molecule has 1 N–H and O–H groups in total. The van der Waals surface area contributed by atoms with Crippen LogP contribution < -0.4 is 5.32 Å². The molecule has 20 heavy (non-hydrogen) atoms. The van der Waals surface area contributed by atoms with Gasteiger partial charge in [0, 0.05) is 11.8 Å². The van der Waals surface area contributed by atoms with Crippen LogP contribution in [0.2, 0.25) is 0 Å². The van der Waals surface area contributed by atoms with Crippen LogP contribution in [-0.4, -0.2) is 18.1 Å². The summed E-state index contributed by atoms with van der Waals surface area (Å²) in [5.41, 5.74) is -0.650. The monoisotopic (exact) mass is 309 g/mol. The predicted molar refractivity (Wildman–Crippen MR) is 75.4 cm³/mol. The van der Waals surface area contributed by atoms with Crippen molar-refractivity contribution in [3.63, 3.8) is 0 Å². The summed E-state index contributed by atoms with van der Waals surface area (Å²) in [6.07, 6.45) is -3.73. The van der Waals surface area contributed by atoms with Crippen molar-refractivity contribution in [2.75, 3.05) is 18.1 Å². The van der Waals surface area contributed by atoms with E-state index in [0.717, 1.165) is 30.9 Å². The molecule has 1 aromatic rings. The summed E-state index contributed by atoms with van der Waals surface area (Å²) >= 11 is 1.67. The maximum atomic E-state index is 13.6. The van der Waals surface area contributed by atoms with Crippen LogP contribution in [0.15, 0.2) is 18.2 Å². The molecule has 1 nitrogen and oxygen atoms in total. The standard InChI is InChI=1S/C14H19F4NS/c1-3-7-19-13(9-20-4-2)10-5-6-11(12(15)8-10)14(16,17)18/h5-6,8,13,19H,3-4,7,9H2,1-2H3. The summed E-state index contributed by atoms with van der Waals surface area (Å²) in [7, 11) is 0. The first-order valence-corrected chi connectivity index (χ1v) is 7.73. The predicted octanol–water partition coefficient (Wildman–Crippen LogP) is 4.64. The minimum absolute atomic E-state index is 0.128. The Morgan fingerprint density at radius 3 is 2.45 bits per heavy atom. The minimum Gasteiger partial charge on any atom is -0.309 e. The van der Waals surface area contributed by atoms with Crippen LogP contribution in [-0.2, 0) is 6.18 Å². The first-order valence-electron chi connectivity index (χ1n) is 6.57. The summed E-state index contributed by atoms with van der Waals surface area (Å²) in [4.78, 5) is 0. The van der Waals surface area contributed by atoms with Gasteiger partial charge in [-0.25, -0.2) is 4.39 Å². The molecular weight excluding hydrogens is 290 g/mol. The van der Waals surface area contributed by atoms with Crippen LogP contribution in [0.1, 0.15) is 37.4 Å². The van der Waals surface area contributed by atoms with Crippen molar-refractivity contribution < 1.29 is 17.6 Å². The van der Waals surface area contributed by atoms with Gasteiger partial charge in [0.15, 0.2) is 0 Å². The number of hydrogen-bond donors (Lipinski definition) is 1. The molecule has 0 bridgehead atoms. The van der Waals surface area contributed by atoms with Crippen LogP contribution in [0.25, 0.3) is 0 Å². The minimum atomic E-state index is -4.65. The zero-order valence-electron chi connectivity index (χ0n) is 11.6. The molecule has 1 rings (SSSR count). The maximum absolute atomic E-state index is 13.6. The molecule has 0 aliphatic rings. The fraction of sp³-hybridized carbons (Fsp3) is 0.571. The summed E-state index contributed by atoms with van der Waals surface area (Å²) in [5.74, 6) is 0.411. The highest BCUT2D eigenvalue weighted by molar-refractivity contribution is 7.99. The number of rotatable bonds is 7. The molecule has 1 atom stereocenters. The Bertz CT molecular complexity index is 412. The normalized spacial score (nSPS) is 13.5. The Morgan fingerprint density at radius 1 is 1.25 bits per heavy atom. The van der Waals surface area contributed by atoms with Gasteiger partial charge >= 0.3 is 6.18 Å². The van der Waals surface area contributed by atoms with Gasteiger partial charge in [0.2, 0.25) is 0 Å². The molecule has 0 saturated carbocycles. The van der Waals surface area contributed by atoms with E-state index in [-0.39, 0.29) is 6.04 Å². The lowest BCUT2D eigenvalue weighted by atomic mass is 10.0. The first-order chi connectivity index (χ1) is 9.40. The van der Waals surface area contributed by atoms with Crippen molar-refractivity contribution in [3.8, 4) is 0 Å². The number of nitrogens with one attached hydrogen (secondary N) is 1. The smallest absolute Gasteiger partial charge is 0.309 e. The van der Waals surface area contributed by atoms with Crippen LogP contribution in [0, 0.1) is 5.82 Å². The van der Waals surface area contributed by atoms with Gasteiger partial charge < -0.3 is 5.32 Å². The van der Waals surface area contributed by atoms with Crippen molar-refractivity contribution >= 4 is 11.8 Å². The second kappa shape index (κ2) is 7.88. The van der Waals surface area contributed by atoms with E-state index in [1.54, 1.807) is 11.8 Å². The number of thioether (sulfide) groups is 1. The highest BCUT2D eigenvalue weighted by Gasteiger charge is 2.34. The van der Waals surface area contributed by atoms with Gasteiger partial charge in [-0.3, -0.25) is 0 Å². The average molecular weight is 309 g/mol. The van der Waals surface area contributed by atoms with E-state index < -0.39 is 17.6 Å². The number of alkyl halides is 3. The van der Waals surface area contributed by atoms with E-state index in [4.69, 9.17) is 0 Å². The van der Waals surface area contributed by atoms with Crippen LogP contribution >= 0.6 is 11.8 Å². The molecule has 0 radical (unpaired) electrons. The Labute approximate surface area is 121 Å². The fourth-order valence-corrected chi connectivity index (χ4v) is 2.59. The molecule has 0 heterocycles. The molecule has 0 saturated heterocycles. The van der Waals surface area contributed by atoms with Gasteiger partial charge in [0.05, 0.1) is 5.56 Å². The molecule has 6 heteroatoms. The van der Waals surface area contributed by atoms with Gasteiger partial charge in [-0.1, -0.05) is 19.9 Å². The van der Waals surface area contributed by atoms with Crippen molar-refractivity contribution in [2.24, 2.45) is 0 Å². The summed E-state index contributed by atoms with van der Waals surface area (Å²) < 4.78 is 51.2. The van der Waals surface area contributed by atoms with Gasteiger partial charge in [-0.15, -0.1) is 0 Å². The van der Waals surface area contributed by atoms with Gasteiger partial charge in [0.1, 0.15) is 5.82 Å². The molecule has 1 aromatic carbocycles. The highest BCUT2D eigenvalue weighted by Crippen LogP contribution is 2.32. The third-order valence-corrected chi connectivity index (χ3v) is 3.81. The fourth-order valence-electron chi connectivity index (χ4n) is 1.81. The van der Waals surface area contributed by atoms with Crippen LogP contribution in [0.4, 0.5) is 17.6 Å². The lowest BCUT2D eigenvalue weighted by Crippen LogP contribution is -2.24. The molecule has 0 spiro atoms. The third kappa shape index (κ3) is 4.98. The third-order valence-electron chi connectivity index (χ3n) is 2.83. The summed E-state index contributed by atoms with van der Waals surface area (Å²) in [5, 5.41) is 3.24. The SMILES string of the molecule is CCCNC(CSCC)c1ccc(C(F)(F)F)c(F)c1. The van der Waals surface area contributed by atoms with E-state index in [2.05, 4.69) is 5.32 Å². The van der Waals surface area contributed by atoms with Crippen LogP contribution in [0.5, 0.6) is 0 Å². The second-order valence-electron chi connectivity index (χ2n) is 4.40. The Hall–Kier alpha value is -0.750. The average Bonchev–Trinajstić information content (AvgIpc) is 2.37. The Morgan fingerprint density at radius 2 is 1.95 bits per heavy atom. The number of halogens is 4. The van der Waals surface area contributed by atoms with E-state index in [9.17, 15) is 17.6 Å². The first kappa shape index (κ1) is 17.3. The summed E-state index contributed by atoms with van der Waals surface area (Å²) in [6.45, 7) is 4.76. The molecule has 0 fully saturated rings. The maximum Gasteiger partial charge on any atom is 0.419 e. The Kier molecular flexibility index (Phi) is 6.82.